The number of carbonyl (C=O) groups excluding carboxylic acids is 1. The van der Waals surface area contributed by atoms with E-state index >= 15 is 0 Å². The summed E-state index contributed by atoms with van der Waals surface area (Å²) in [6.45, 7) is 10.9. The second-order valence-corrected chi connectivity index (χ2v) is 7.66. The molecule has 2 aliphatic heterocycles. The van der Waals surface area contributed by atoms with Gasteiger partial charge in [0.05, 0.1) is 11.7 Å². The summed E-state index contributed by atoms with van der Waals surface area (Å²) in [6.07, 6.45) is 9.07. The van der Waals surface area contributed by atoms with Crippen LogP contribution in [0, 0.1) is 11.3 Å². The maximum Gasteiger partial charge on any atom is 0.130 e. The van der Waals surface area contributed by atoms with Crippen LogP contribution in [0.2, 0.25) is 0 Å². The molecule has 0 aromatic heterocycles. The lowest BCUT2D eigenvalue weighted by molar-refractivity contribution is -0.116. The van der Waals surface area contributed by atoms with Crippen molar-refractivity contribution in [1.82, 2.24) is 0 Å². The third-order valence-corrected chi connectivity index (χ3v) is 5.60. The van der Waals surface area contributed by atoms with Gasteiger partial charge < -0.3 is 9.53 Å². The number of allylic oxidation sites excluding steroid dienone is 2. The van der Waals surface area contributed by atoms with Gasteiger partial charge in [-0.15, -0.1) is 0 Å². The fourth-order valence-corrected chi connectivity index (χ4v) is 4.33. The van der Waals surface area contributed by atoms with Gasteiger partial charge in [-0.3, -0.25) is 0 Å². The molecule has 0 aromatic rings. The SMILES string of the molecule is CC(=O)CC/C=C(\C)CC[C@@H]1C2(C)CC[C@H](O2)C1(C)C. The summed E-state index contributed by atoms with van der Waals surface area (Å²) < 4.78 is 6.27. The van der Waals surface area contributed by atoms with Gasteiger partial charge in [0.2, 0.25) is 0 Å². The lowest BCUT2D eigenvalue weighted by Crippen LogP contribution is -2.40. The predicted molar refractivity (Wildman–Crippen MR) is 82.7 cm³/mol. The number of carbonyl (C=O) groups is 1. The summed E-state index contributed by atoms with van der Waals surface area (Å²) in [5, 5.41) is 0. The topological polar surface area (TPSA) is 26.3 Å². The van der Waals surface area contributed by atoms with E-state index in [4.69, 9.17) is 4.74 Å². The third kappa shape index (κ3) is 3.00. The Bertz CT molecular complexity index is 403. The normalized spacial score (nSPS) is 35.5. The molecule has 2 fully saturated rings. The van der Waals surface area contributed by atoms with E-state index in [9.17, 15) is 4.79 Å². The van der Waals surface area contributed by atoms with Crippen LogP contribution in [0.25, 0.3) is 0 Å². The first-order valence-electron chi connectivity index (χ1n) is 8.08. The predicted octanol–water partition coefficient (Wildman–Crippen LogP) is 4.68. The number of ketones is 1. The fourth-order valence-electron chi connectivity index (χ4n) is 4.33. The first-order valence-corrected chi connectivity index (χ1v) is 8.08. The molecule has 20 heavy (non-hydrogen) atoms. The molecule has 2 heteroatoms. The van der Waals surface area contributed by atoms with Crippen LogP contribution in [0.4, 0.5) is 0 Å². The van der Waals surface area contributed by atoms with Crippen LogP contribution >= 0.6 is 0 Å². The number of rotatable bonds is 6. The number of ether oxygens (including phenoxy) is 1. The minimum absolute atomic E-state index is 0.105. The zero-order valence-electron chi connectivity index (χ0n) is 13.8. The molecular formula is C18H30O2. The van der Waals surface area contributed by atoms with Gasteiger partial charge in [0.1, 0.15) is 5.78 Å². The molecule has 2 rings (SSSR count). The van der Waals surface area contributed by atoms with Crippen LogP contribution in [0.5, 0.6) is 0 Å². The molecular weight excluding hydrogens is 248 g/mol. The van der Waals surface area contributed by atoms with E-state index in [-0.39, 0.29) is 11.4 Å². The van der Waals surface area contributed by atoms with Crippen LogP contribution < -0.4 is 0 Å². The summed E-state index contributed by atoms with van der Waals surface area (Å²) >= 11 is 0. The first-order chi connectivity index (χ1) is 9.25. The lowest BCUT2D eigenvalue weighted by atomic mass is 9.62. The van der Waals surface area contributed by atoms with E-state index in [1.54, 1.807) is 6.92 Å². The molecule has 0 saturated carbocycles. The average molecular weight is 278 g/mol. The van der Waals surface area contributed by atoms with Crippen molar-refractivity contribution in [3.05, 3.63) is 11.6 Å². The Morgan fingerprint density at radius 1 is 1.25 bits per heavy atom. The second-order valence-electron chi connectivity index (χ2n) is 7.66. The van der Waals surface area contributed by atoms with Crippen LogP contribution in [0.15, 0.2) is 11.6 Å². The smallest absolute Gasteiger partial charge is 0.130 e. The largest absolute Gasteiger partial charge is 0.371 e. The van der Waals surface area contributed by atoms with Crippen LogP contribution in [0.1, 0.15) is 73.1 Å². The second kappa shape index (κ2) is 5.63. The van der Waals surface area contributed by atoms with Crippen molar-refractivity contribution in [2.45, 2.75) is 84.8 Å². The van der Waals surface area contributed by atoms with Crippen molar-refractivity contribution in [3.63, 3.8) is 0 Å². The summed E-state index contributed by atoms with van der Waals surface area (Å²) in [6, 6.07) is 0. The highest BCUT2D eigenvalue weighted by Crippen LogP contribution is 2.59. The lowest BCUT2D eigenvalue weighted by Gasteiger charge is -2.39. The molecule has 0 spiro atoms. The van der Waals surface area contributed by atoms with Crippen molar-refractivity contribution in [2.75, 3.05) is 0 Å². The average Bonchev–Trinajstić information content (AvgIpc) is 2.79. The van der Waals surface area contributed by atoms with Gasteiger partial charge in [0.15, 0.2) is 0 Å². The van der Waals surface area contributed by atoms with Crippen molar-refractivity contribution >= 4 is 5.78 Å². The summed E-state index contributed by atoms with van der Waals surface area (Å²) in [7, 11) is 0. The highest BCUT2D eigenvalue weighted by Gasteiger charge is 2.60. The molecule has 2 saturated heterocycles. The molecule has 0 radical (unpaired) electrons. The Labute approximate surface area is 124 Å². The molecule has 2 aliphatic rings. The minimum atomic E-state index is 0.105. The molecule has 0 N–H and O–H groups in total. The van der Waals surface area contributed by atoms with Crippen molar-refractivity contribution in [1.29, 1.82) is 0 Å². The summed E-state index contributed by atoms with van der Waals surface area (Å²) in [4.78, 5) is 11.0. The van der Waals surface area contributed by atoms with E-state index < -0.39 is 0 Å². The highest BCUT2D eigenvalue weighted by atomic mass is 16.5. The molecule has 2 nitrogen and oxygen atoms in total. The number of fused-ring (bicyclic) bond motifs is 2. The summed E-state index contributed by atoms with van der Waals surface area (Å²) in [5.74, 6) is 0.939. The van der Waals surface area contributed by atoms with Gasteiger partial charge in [0.25, 0.3) is 0 Å². The molecule has 0 aliphatic carbocycles. The Hall–Kier alpha value is -0.630. The van der Waals surface area contributed by atoms with Gasteiger partial charge in [-0.05, 0) is 64.2 Å². The number of Topliss-reactive ketones (excluding diaryl/α,β-unsaturated/α-hetero) is 1. The van der Waals surface area contributed by atoms with Gasteiger partial charge in [-0.25, -0.2) is 0 Å². The molecule has 114 valence electrons. The third-order valence-electron chi connectivity index (χ3n) is 5.60. The van der Waals surface area contributed by atoms with Gasteiger partial charge in [-0.1, -0.05) is 25.5 Å². The van der Waals surface area contributed by atoms with E-state index in [1.165, 1.54) is 24.8 Å². The minimum Gasteiger partial charge on any atom is -0.371 e. The van der Waals surface area contributed by atoms with Crippen molar-refractivity contribution < 1.29 is 9.53 Å². The van der Waals surface area contributed by atoms with Crippen LogP contribution in [0.3, 0.4) is 0 Å². The van der Waals surface area contributed by atoms with Crippen molar-refractivity contribution in [3.8, 4) is 0 Å². The zero-order chi connectivity index (χ0) is 15.0. The first kappa shape index (κ1) is 15.8. The fraction of sp³-hybridized carbons (Fsp3) is 0.833. The van der Waals surface area contributed by atoms with Crippen LogP contribution in [-0.2, 0) is 9.53 Å². The number of hydrogen-bond acceptors (Lipinski definition) is 2. The van der Waals surface area contributed by atoms with Gasteiger partial charge in [0, 0.05) is 6.42 Å². The van der Waals surface area contributed by atoms with E-state index in [2.05, 4.69) is 33.8 Å². The Kier molecular flexibility index (Phi) is 4.44. The number of hydrogen-bond donors (Lipinski definition) is 0. The molecule has 2 bridgehead atoms. The Morgan fingerprint density at radius 3 is 2.50 bits per heavy atom. The van der Waals surface area contributed by atoms with E-state index in [1.807, 2.05) is 0 Å². The molecule has 3 atom stereocenters. The van der Waals surface area contributed by atoms with Crippen molar-refractivity contribution in [2.24, 2.45) is 11.3 Å². The van der Waals surface area contributed by atoms with Gasteiger partial charge in [-0.2, -0.15) is 0 Å². The summed E-state index contributed by atoms with van der Waals surface area (Å²) in [5.41, 5.74) is 1.84. The quantitative estimate of drug-likeness (QED) is 0.660. The van der Waals surface area contributed by atoms with E-state index in [0.29, 0.717) is 23.9 Å². The monoisotopic (exact) mass is 278 g/mol. The maximum atomic E-state index is 11.0. The molecule has 2 heterocycles. The molecule has 0 aromatic carbocycles. The molecule has 1 unspecified atom stereocenters. The maximum absolute atomic E-state index is 11.0. The van der Waals surface area contributed by atoms with Crippen LogP contribution in [-0.4, -0.2) is 17.5 Å². The Morgan fingerprint density at radius 2 is 1.95 bits per heavy atom. The zero-order valence-corrected chi connectivity index (χ0v) is 13.8. The standard InChI is InChI=1S/C18H30O2/c1-13(7-6-8-14(2)19)9-10-15-17(3,4)16-11-12-18(15,5)20-16/h7,15-16H,6,8-12H2,1-5H3/b13-7+/t15-,16-,18?/m0/s1. The Balaban J connectivity index is 1.89. The van der Waals surface area contributed by atoms with E-state index in [0.717, 1.165) is 12.8 Å². The van der Waals surface area contributed by atoms with Gasteiger partial charge >= 0.3 is 0 Å². The highest BCUT2D eigenvalue weighted by molar-refractivity contribution is 5.75. The molecule has 0 amide bonds.